The van der Waals surface area contributed by atoms with Gasteiger partial charge in [-0.3, -0.25) is 0 Å². The summed E-state index contributed by atoms with van der Waals surface area (Å²) in [7, 11) is 1.82. The zero-order valence-electron chi connectivity index (χ0n) is 11.0. The maximum Gasteiger partial charge on any atom is 0.178 e. The third kappa shape index (κ3) is 1.99. The van der Waals surface area contributed by atoms with Crippen LogP contribution in [0.2, 0.25) is 0 Å². The molecule has 1 aliphatic rings. The van der Waals surface area contributed by atoms with Crippen molar-refractivity contribution in [3.63, 3.8) is 0 Å². The first-order valence-corrected chi connectivity index (χ1v) is 6.49. The van der Waals surface area contributed by atoms with E-state index in [9.17, 15) is 0 Å². The molecule has 3 rings (SSSR count). The molecule has 0 aliphatic heterocycles. The van der Waals surface area contributed by atoms with Crippen LogP contribution in [-0.4, -0.2) is 13.7 Å². The van der Waals surface area contributed by atoms with Crippen molar-refractivity contribution < 1.29 is 4.74 Å². The maximum atomic E-state index is 5.68. The minimum absolute atomic E-state index is 0.289. The molecule has 2 aromatic rings. The summed E-state index contributed by atoms with van der Waals surface area (Å²) >= 11 is 0. The fourth-order valence-electron chi connectivity index (χ4n) is 2.70. The molecule has 2 aromatic carbocycles. The number of fused-ring (bicyclic) bond motifs is 3. The molecule has 0 spiro atoms. The molecule has 0 aromatic heterocycles. The van der Waals surface area contributed by atoms with Crippen LogP contribution in [0, 0.1) is 0 Å². The van der Waals surface area contributed by atoms with Gasteiger partial charge in [0, 0.05) is 13.0 Å². The molecular weight excluding hydrogens is 234 g/mol. The third-order valence-electron chi connectivity index (χ3n) is 3.67. The van der Waals surface area contributed by atoms with Crippen molar-refractivity contribution in [2.75, 3.05) is 13.7 Å². The molecule has 0 amide bonds. The second-order valence-corrected chi connectivity index (χ2v) is 4.71. The lowest BCUT2D eigenvalue weighted by Gasteiger charge is -2.15. The predicted molar refractivity (Wildman–Crippen MR) is 77.9 cm³/mol. The SMILES string of the molecule is C=C(NC)OCC1c2ccccc2-c2ccccc21. The van der Waals surface area contributed by atoms with E-state index in [4.69, 9.17) is 4.74 Å². The van der Waals surface area contributed by atoms with Crippen molar-refractivity contribution in [2.45, 2.75) is 5.92 Å². The summed E-state index contributed by atoms with van der Waals surface area (Å²) in [5.41, 5.74) is 5.32. The number of benzene rings is 2. The first kappa shape index (κ1) is 11.8. The Labute approximate surface area is 113 Å². The molecule has 0 heterocycles. The van der Waals surface area contributed by atoms with Crippen molar-refractivity contribution in [3.8, 4) is 11.1 Å². The minimum Gasteiger partial charge on any atom is -0.479 e. The number of hydrogen-bond donors (Lipinski definition) is 1. The summed E-state index contributed by atoms with van der Waals surface area (Å²) < 4.78 is 5.68. The van der Waals surface area contributed by atoms with Crippen molar-refractivity contribution in [3.05, 3.63) is 72.1 Å². The molecule has 0 fully saturated rings. The maximum absolute atomic E-state index is 5.68. The second-order valence-electron chi connectivity index (χ2n) is 4.71. The summed E-state index contributed by atoms with van der Waals surface area (Å²) in [6, 6.07) is 17.1. The number of hydrogen-bond acceptors (Lipinski definition) is 2. The lowest BCUT2D eigenvalue weighted by atomic mass is 9.98. The molecule has 0 radical (unpaired) electrons. The Hall–Kier alpha value is -2.22. The van der Waals surface area contributed by atoms with E-state index in [-0.39, 0.29) is 5.92 Å². The molecule has 2 heteroatoms. The fraction of sp³-hybridized carbons (Fsp3) is 0.176. The Morgan fingerprint density at radius 2 is 1.58 bits per heavy atom. The van der Waals surface area contributed by atoms with Gasteiger partial charge in [0.25, 0.3) is 0 Å². The summed E-state index contributed by atoms with van der Waals surface area (Å²) in [4.78, 5) is 0. The Bertz CT molecular complexity index is 573. The van der Waals surface area contributed by atoms with Gasteiger partial charge in [-0.05, 0) is 28.8 Å². The zero-order chi connectivity index (χ0) is 13.2. The van der Waals surface area contributed by atoms with Gasteiger partial charge in [0.2, 0.25) is 0 Å². The van der Waals surface area contributed by atoms with Gasteiger partial charge in [-0.1, -0.05) is 48.5 Å². The highest BCUT2D eigenvalue weighted by Crippen LogP contribution is 2.44. The van der Waals surface area contributed by atoms with Gasteiger partial charge in [0.05, 0.1) is 0 Å². The van der Waals surface area contributed by atoms with Crippen molar-refractivity contribution in [2.24, 2.45) is 0 Å². The number of nitrogens with one attached hydrogen (secondary N) is 1. The summed E-state index contributed by atoms with van der Waals surface area (Å²) in [5.74, 6) is 0.902. The van der Waals surface area contributed by atoms with Crippen LogP contribution < -0.4 is 5.32 Å². The van der Waals surface area contributed by atoms with E-state index >= 15 is 0 Å². The first-order chi connectivity index (χ1) is 9.31. The van der Waals surface area contributed by atoms with Gasteiger partial charge in [0.1, 0.15) is 6.61 Å². The Morgan fingerprint density at radius 1 is 1.05 bits per heavy atom. The molecule has 1 aliphatic carbocycles. The first-order valence-electron chi connectivity index (χ1n) is 6.49. The number of ether oxygens (including phenoxy) is 1. The second kappa shape index (κ2) is 4.81. The van der Waals surface area contributed by atoms with Crippen molar-refractivity contribution in [1.29, 1.82) is 0 Å². The normalized spacial score (nSPS) is 12.7. The highest BCUT2D eigenvalue weighted by Gasteiger charge is 2.28. The molecule has 0 saturated carbocycles. The zero-order valence-corrected chi connectivity index (χ0v) is 11.0. The summed E-state index contributed by atoms with van der Waals surface area (Å²) in [5, 5.41) is 2.92. The average molecular weight is 251 g/mol. The summed E-state index contributed by atoms with van der Waals surface area (Å²) in [6.07, 6.45) is 0. The Kier molecular flexibility index (Phi) is 3.00. The topological polar surface area (TPSA) is 21.3 Å². The smallest absolute Gasteiger partial charge is 0.178 e. The molecule has 1 N–H and O–H groups in total. The predicted octanol–water partition coefficient (Wildman–Crippen LogP) is 3.51. The van der Waals surface area contributed by atoms with Gasteiger partial charge in [-0.25, -0.2) is 0 Å². The fourth-order valence-corrected chi connectivity index (χ4v) is 2.70. The lowest BCUT2D eigenvalue weighted by Crippen LogP contribution is -2.13. The molecule has 0 bridgehead atoms. The molecule has 2 nitrogen and oxygen atoms in total. The van der Waals surface area contributed by atoms with E-state index in [0.29, 0.717) is 12.5 Å². The molecule has 19 heavy (non-hydrogen) atoms. The van der Waals surface area contributed by atoms with E-state index in [1.165, 1.54) is 22.3 Å². The molecule has 0 unspecified atom stereocenters. The monoisotopic (exact) mass is 251 g/mol. The van der Waals surface area contributed by atoms with E-state index in [0.717, 1.165) is 0 Å². The van der Waals surface area contributed by atoms with Crippen molar-refractivity contribution >= 4 is 0 Å². The van der Waals surface area contributed by atoms with Crippen LogP contribution in [0.1, 0.15) is 17.0 Å². The van der Waals surface area contributed by atoms with Crippen LogP contribution in [0.15, 0.2) is 61.0 Å². The van der Waals surface area contributed by atoms with Crippen LogP contribution in [0.5, 0.6) is 0 Å². The largest absolute Gasteiger partial charge is 0.479 e. The number of rotatable bonds is 4. The minimum atomic E-state index is 0.289. The standard InChI is InChI=1S/C17H17NO/c1-12(18-2)19-11-17-15-9-5-3-7-13(15)14-8-4-6-10-16(14)17/h3-10,17-18H,1,11H2,2H3. The van der Waals surface area contributed by atoms with E-state index < -0.39 is 0 Å². The average Bonchev–Trinajstić information content (AvgIpc) is 2.79. The van der Waals surface area contributed by atoms with Gasteiger partial charge < -0.3 is 10.1 Å². The van der Waals surface area contributed by atoms with Gasteiger partial charge >= 0.3 is 0 Å². The van der Waals surface area contributed by atoms with Crippen LogP contribution >= 0.6 is 0 Å². The van der Waals surface area contributed by atoms with Crippen LogP contribution in [0.3, 0.4) is 0 Å². The van der Waals surface area contributed by atoms with Gasteiger partial charge in [-0.2, -0.15) is 0 Å². The van der Waals surface area contributed by atoms with E-state index in [1.807, 2.05) is 7.05 Å². The van der Waals surface area contributed by atoms with Gasteiger partial charge in [0.15, 0.2) is 5.88 Å². The Balaban J connectivity index is 1.98. The van der Waals surface area contributed by atoms with Crippen LogP contribution in [0.4, 0.5) is 0 Å². The molecule has 0 atom stereocenters. The highest BCUT2D eigenvalue weighted by atomic mass is 16.5. The van der Waals surface area contributed by atoms with E-state index in [2.05, 4.69) is 60.4 Å². The lowest BCUT2D eigenvalue weighted by molar-refractivity contribution is 0.189. The highest BCUT2D eigenvalue weighted by molar-refractivity contribution is 5.78. The van der Waals surface area contributed by atoms with Crippen molar-refractivity contribution in [1.82, 2.24) is 5.32 Å². The quantitative estimate of drug-likeness (QED) is 0.840. The Morgan fingerprint density at radius 3 is 2.11 bits per heavy atom. The van der Waals surface area contributed by atoms with Gasteiger partial charge in [-0.15, -0.1) is 0 Å². The molecular formula is C17H17NO. The molecule has 0 saturated heterocycles. The van der Waals surface area contributed by atoms with E-state index in [1.54, 1.807) is 0 Å². The van der Waals surface area contributed by atoms with Crippen LogP contribution in [0.25, 0.3) is 11.1 Å². The third-order valence-corrected chi connectivity index (χ3v) is 3.67. The molecule has 96 valence electrons. The van der Waals surface area contributed by atoms with Crippen LogP contribution in [-0.2, 0) is 4.74 Å². The summed E-state index contributed by atoms with van der Waals surface area (Å²) in [6.45, 7) is 4.43.